The van der Waals surface area contributed by atoms with E-state index in [2.05, 4.69) is 5.32 Å². The molecule has 1 aliphatic heterocycles. The number of alkyl halides is 3. The smallest absolute Gasteiger partial charge is 0.376 e. The van der Waals surface area contributed by atoms with E-state index in [0.717, 1.165) is 29.8 Å². The summed E-state index contributed by atoms with van der Waals surface area (Å²) in [7, 11) is 0. The highest BCUT2D eigenvalue weighted by Gasteiger charge is 2.31. The van der Waals surface area contributed by atoms with Gasteiger partial charge >= 0.3 is 6.18 Å². The van der Waals surface area contributed by atoms with Crippen LogP contribution in [0.2, 0.25) is 0 Å². The summed E-state index contributed by atoms with van der Waals surface area (Å²) in [5.74, 6) is -0.162. The molecule has 126 valence electrons. The highest BCUT2D eigenvalue weighted by molar-refractivity contribution is 5.98. The molecule has 1 aliphatic rings. The monoisotopic (exact) mass is 334 g/mol. The molecule has 2 aromatic rings. The minimum Gasteiger partial charge on any atom is -0.376 e. The maximum atomic E-state index is 12.7. The Morgan fingerprint density at radius 3 is 2.71 bits per heavy atom. The summed E-state index contributed by atoms with van der Waals surface area (Å²) in [4.78, 5) is 14.2. The minimum atomic E-state index is -4.40. The lowest BCUT2D eigenvalue weighted by atomic mass is 10.1. The predicted octanol–water partition coefficient (Wildman–Crippen LogP) is 4.10. The average molecular weight is 334 g/mol. The first kappa shape index (κ1) is 16.4. The maximum Gasteiger partial charge on any atom is 0.416 e. The van der Waals surface area contributed by atoms with Gasteiger partial charge in [0, 0.05) is 17.4 Å². The van der Waals surface area contributed by atoms with Crippen LogP contribution in [0.3, 0.4) is 0 Å². The van der Waals surface area contributed by atoms with Crippen LogP contribution in [0.1, 0.15) is 18.1 Å². The van der Waals surface area contributed by atoms with Crippen molar-refractivity contribution in [3.8, 4) is 0 Å². The minimum absolute atomic E-state index is 0.0400. The second kappa shape index (κ2) is 6.19. The fourth-order valence-electron chi connectivity index (χ4n) is 3.01. The Bertz CT molecular complexity index is 758. The fourth-order valence-corrected chi connectivity index (χ4v) is 3.01. The number of para-hydroxylation sites is 1. The van der Waals surface area contributed by atoms with Gasteiger partial charge in [-0.05, 0) is 43.2 Å². The number of nitrogens with one attached hydrogen (secondary N) is 1. The van der Waals surface area contributed by atoms with Crippen molar-refractivity contribution in [3.63, 3.8) is 0 Å². The zero-order valence-electron chi connectivity index (χ0n) is 13.1. The molecular formula is C18H17F3N2O. The van der Waals surface area contributed by atoms with E-state index in [-0.39, 0.29) is 24.2 Å². The van der Waals surface area contributed by atoms with Gasteiger partial charge in [-0.2, -0.15) is 13.2 Å². The fraction of sp³-hybridized carbons (Fsp3) is 0.278. The SMILES string of the molecule is C[C@@H]1Cc2ccccc2N1C(=O)CNc1cccc(C(F)(F)F)c1. The molecule has 0 radical (unpaired) electrons. The summed E-state index contributed by atoms with van der Waals surface area (Å²) in [6, 6.07) is 12.6. The molecular weight excluding hydrogens is 317 g/mol. The first-order valence-electron chi connectivity index (χ1n) is 7.67. The lowest BCUT2D eigenvalue weighted by Gasteiger charge is -2.23. The van der Waals surface area contributed by atoms with Crippen molar-refractivity contribution < 1.29 is 18.0 Å². The molecule has 0 aliphatic carbocycles. The molecule has 1 atom stereocenters. The number of carbonyl (C=O) groups is 1. The van der Waals surface area contributed by atoms with Crippen molar-refractivity contribution in [1.29, 1.82) is 0 Å². The summed E-state index contributed by atoms with van der Waals surface area (Å²) in [5, 5.41) is 2.79. The Morgan fingerprint density at radius 1 is 1.21 bits per heavy atom. The van der Waals surface area contributed by atoms with Crippen molar-refractivity contribution in [3.05, 3.63) is 59.7 Å². The first-order chi connectivity index (χ1) is 11.4. The molecule has 3 nitrogen and oxygen atoms in total. The Morgan fingerprint density at radius 2 is 1.96 bits per heavy atom. The summed E-state index contributed by atoms with van der Waals surface area (Å²) in [6.45, 7) is 1.90. The topological polar surface area (TPSA) is 32.3 Å². The molecule has 3 rings (SSSR count). The highest BCUT2D eigenvalue weighted by atomic mass is 19.4. The number of halogens is 3. The van der Waals surface area contributed by atoms with Crippen LogP contribution in [0.5, 0.6) is 0 Å². The number of nitrogens with zero attached hydrogens (tertiary/aromatic N) is 1. The second-order valence-corrected chi connectivity index (χ2v) is 5.88. The van der Waals surface area contributed by atoms with Crippen molar-refractivity contribution in [2.24, 2.45) is 0 Å². The molecule has 1 amide bonds. The Hall–Kier alpha value is -2.50. The number of rotatable bonds is 3. The molecule has 24 heavy (non-hydrogen) atoms. The number of anilines is 2. The number of hydrogen-bond donors (Lipinski definition) is 1. The van der Waals surface area contributed by atoms with E-state index in [4.69, 9.17) is 0 Å². The van der Waals surface area contributed by atoms with E-state index in [9.17, 15) is 18.0 Å². The predicted molar refractivity (Wildman–Crippen MR) is 87.0 cm³/mol. The van der Waals surface area contributed by atoms with Crippen LogP contribution in [-0.4, -0.2) is 18.5 Å². The zero-order valence-corrected chi connectivity index (χ0v) is 13.1. The molecule has 2 aromatic carbocycles. The van der Waals surface area contributed by atoms with E-state index in [1.807, 2.05) is 31.2 Å². The van der Waals surface area contributed by atoms with Gasteiger partial charge in [-0.1, -0.05) is 24.3 Å². The molecule has 1 heterocycles. The third-order valence-electron chi connectivity index (χ3n) is 4.11. The van der Waals surface area contributed by atoms with Crippen LogP contribution in [0.25, 0.3) is 0 Å². The molecule has 0 spiro atoms. The van der Waals surface area contributed by atoms with Gasteiger partial charge in [0.1, 0.15) is 0 Å². The van der Waals surface area contributed by atoms with Crippen molar-refractivity contribution in [2.75, 3.05) is 16.8 Å². The van der Waals surface area contributed by atoms with E-state index in [1.165, 1.54) is 12.1 Å². The normalized spacial score (nSPS) is 16.8. The largest absolute Gasteiger partial charge is 0.416 e. The molecule has 0 aromatic heterocycles. The van der Waals surface area contributed by atoms with Crippen LogP contribution < -0.4 is 10.2 Å². The van der Waals surface area contributed by atoms with Crippen LogP contribution in [0.15, 0.2) is 48.5 Å². The number of benzene rings is 2. The van der Waals surface area contributed by atoms with Gasteiger partial charge in [-0.3, -0.25) is 4.79 Å². The Kier molecular flexibility index (Phi) is 4.22. The van der Waals surface area contributed by atoms with E-state index < -0.39 is 11.7 Å². The summed E-state index contributed by atoms with van der Waals surface area (Å²) in [6.07, 6.45) is -3.62. The van der Waals surface area contributed by atoms with E-state index in [0.29, 0.717) is 0 Å². The molecule has 0 unspecified atom stereocenters. The second-order valence-electron chi connectivity index (χ2n) is 5.88. The third-order valence-corrected chi connectivity index (χ3v) is 4.11. The van der Waals surface area contributed by atoms with Gasteiger partial charge in [0.05, 0.1) is 12.1 Å². The van der Waals surface area contributed by atoms with E-state index in [1.54, 1.807) is 4.90 Å². The van der Waals surface area contributed by atoms with Gasteiger partial charge in [0.25, 0.3) is 0 Å². The molecule has 1 N–H and O–H groups in total. The van der Waals surface area contributed by atoms with Crippen LogP contribution in [0, 0.1) is 0 Å². The standard InChI is InChI=1S/C18H17F3N2O/c1-12-9-13-5-2-3-8-16(13)23(12)17(24)11-22-15-7-4-6-14(10-15)18(19,20)21/h2-8,10,12,22H,9,11H2,1H3/t12-/m1/s1. The quantitative estimate of drug-likeness (QED) is 0.917. The summed E-state index contributed by atoms with van der Waals surface area (Å²) in [5.41, 5.74) is 1.52. The summed E-state index contributed by atoms with van der Waals surface area (Å²) >= 11 is 0. The third kappa shape index (κ3) is 3.22. The lowest BCUT2D eigenvalue weighted by Crippen LogP contribution is -2.39. The van der Waals surface area contributed by atoms with Gasteiger partial charge in [0.15, 0.2) is 0 Å². The molecule has 0 fully saturated rings. The highest BCUT2D eigenvalue weighted by Crippen LogP contribution is 2.32. The number of carbonyl (C=O) groups excluding carboxylic acids is 1. The van der Waals surface area contributed by atoms with Crippen LogP contribution in [0.4, 0.5) is 24.5 Å². The number of fused-ring (bicyclic) bond motifs is 1. The summed E-state index contributed by atoms with van der Waals surface area (Å²) < 4.78 is 38.2. The van der Waals surface area contributed by atoms with Crippen molar-refractivity contribution in [2.45, 2.75) is 25.6 Å². The molecule has 6 heteroatoms. The van der Waals surface area contributed by atoms with Crippen molar-refractivity contribution >= 4 is 17.3 Å². The zero-order chi connectivity index (χ0) is 17.3. The molecule has 0 bridgehead atoms. The van der Waals surface area contributed by atoms with E-state index >= 15 is 0 Å². The molecule has 0 saturated carbocycles. The Labute approximate surface area is 138 Å². The van der Waals surface area contributed by atoms with Gasteiger partial charge < -0.3 is 10.2 Å². The lowest BCUT2D eigenvalue weighted by molar-refractivity contribution is -0.137. The maximum absolute atomic E-state index is 12.7. The van der Waals surface area contributed by atoms with Crippen LogP contribution >= 0.6 is 0 Å². The number of amides is 1. The van der Waals surface area contributed by atoms with Gasteiger partial charge in [-0.25, -0.2) is 0 Å². The van der Waals surface area contributed by atoms with Crippen molar-refractivity contribution in [1.82, 2.24) is 0 Å². The molecule has 0 saturated heterocycles. The van der Waals surface area contributed by atoms with Gasteiger partial charge in [0.2, 0.25) is 5.91 Å². The average Bonchev–Trinajstić information content (AvgIpc) is 2.88. The van der Waals surface area contributed by atoms with Gasteiger partial charge in [-0.15, -0.1) is 0 Å². The Balaban J connectivity index is 1.71. The van der Waals surface area contributed by atoms with Crippen LogP contribution in [-0.2, 0) is 17.4 Å². The number of hydrogen-bond acceptors (Lipinski definition) is 2. The first-order valence-corrected chi connectivity index (χ1v) is 7.67.